The van der Waals surface area contributed by atoms with Gasteiger partial charge in [0.25, 0.3) is 5.91 Å². The number of alkyl halides is 1. The van der Waals surface area contributed by atoms with Gasteiger partial charge in [-0.2, -0.15) is 10.2 Å². The van der Waals surface area contributed by atoms with Gasteiger partial charge in [-0.1, -0.05) is 11.6 Å². The van der Waals surface area contributed by atoms with Crippen molar-refractivity contribution in [2.24, 2.45) is 0 Å². The first-order chi connectivity index (χ1) is 19.8. The Morgan fingerprint density at radius 1 is 1.17 bits per heavy atom. The summed E-state index contributed by atoms with van der Waals surface area (Å²) in [5.74, 6) is -0.368. The Labute approximate surface area is 237 Å². The molecule has 5 heterocycles. The van der Waals surface area contributed by atoms with Crippen LogP contribution in [0, 0.1) is 0 Å². The summed E-state index contributed by atoms with van der Waals surface area (Å²) in [6, 6.07) is 8.68. The van der Waals surface area contributed by atoms with Gasteiger partial charge in [-0.3, -0.25) is 9.48 Å². The molecule has 1 amide bonds. The number of halogens is 2. The number of carbonyl (C=O) groups excluding carboxylic acids is 1. The average molecular weight is 578 g/mol. The van der Waals surface area contributed by atoms with Crippen molar-refractivity contribution in [1.82, 2.24) is 39.6 Å². The van der Waals surface area contributed by atoms with Crippen molar-refractivity contribution in [2.45, 2.75) is 43.5 Å². The van der Waals surface area contributed by atoms with Gasteiger partial charge < -0.3 is 15.2 Å². The van der Waals surface area contributed by atoms with Gasteiger partial charge in [-0.15, -0.1) is 15.0 Å². The molecule has 14 heteroatoms. The first-order valence-corrected chi connectivity index (χ1v) is 13.6. The van der Waals surface area contributed by atoms with E-state index in [1.807, 2.05) is 18.3 Å². The number of ether oxygens (including phenoxy) is 1. The third kappa shape index (κ3) is 5.07. The van der Waals surface area contributed by atoms with Crippen LogP contribution in [0.5, 0.6) is 0 Å². The predicted octanol–water partition coefficient (Wildman–Crippen LogP) is 3.45. The van der Waals surface area contributed by atoms with Gasteiger partial charge in [0.1, 0.15) is 6.17 Å². The van der Waals surface area contributed by atoms with E-state index in [0.717, 1.165) is 11.1 Å². The number of pyridine rings is 1. The molecule has 2 atom stereocenters. The number of carbonyl (C=O) groups is 1. The van der Waals surface area contributed by atoms with Crippen LogP contribution in [-0.2, 0) is 11.3 Å². The van der Waals surface area contributed by atoms with Crippen LogP contribution >= 0.6 is 11.6 Å². The highest BCUT2D eigenvalue weighted by atomic mass is 35.5. The van der Waals surface area contributed by atoms with Gasteiger partial charge in [-0.05, 0) is 47.5 Å². The molecule has 0 radical (unpaired) electrons. The zero-order valence-electron chi connectivity index (χ0n) is 21.7. The lowest BCUT2D eigenvalue weighted by Crippen LogP contribution is -2.40. The van der Waals surface area contributed by atoms with Crippen LogP contribution in [0.3, 0.4) is 0 Å². The van der Waals surface area contributed by atoms with E-state index < -0.39 is 17.7 Å². The summed E-state index contributed by atoms with van der Waals surface area (Å²) in [7, 11) is 0. The number of hydrogen-bond acceptors (Lipinski definition) is 8. The normalized spacial score (nSPS) is 19.9. The number of rotatable bonds is 7. The molecular weight excluding hydrogens is 553 g/mol. The summed E-state index contributed by atoms with van der Waals surface area (Å²) in [5, 5.41) is 35.0. The zero-order chi connectivity index (χ0) is 28.1. The largest absolute Gasteiger partial charge is 0.388 e. The molecule has 5 aromatic rings. The van der Waals surface area contributed by atoms with Gasteiger partial charge in [0.05, 0.1) is 57.9 Å². The average Bonchev–Trinajstić information content (AvgIpc) is 3.38. The molecule has 0 bridgehead atoms. The minimum atomic E-state index is -0.931. The molecule has 1 saturated heterocycles. The molecule has 4 aromatic heterocycles. The van der Waals surface area contributed by atoms with E-state index >= 15 is 0 Å². The van der Waals surface area contributed by atoms with E-state index in [4.69, 9.17) is 16.3 Å². The van der Waals surface area contributed by atoms with Crippen molar-refractivity contribution < 1.29 is 19.0 Å². The number of anilines is 1. The first-order valence-electron chi connectivity index (χ1n) is 13.2. The van der Waals surface area contributed by atoms with Crippen molar-refractivity contribution in [1.29, 1.82) is 0 Å². The van der Waals surface area contributed by atoms with Gasteiger partial charge in [0.2, 0.25) is 0 Å². The van der Waals surface area contributed by atoms with E-state index in [1.165, 1.54) is 11.0 Å². The first kappa shape index (κ1) is 25.7. The Kier molecular flexibility index (Phi) is 6.29. The lowest BCUT2D eigenvalue weighted by atomic mass is 9.94. The van der Waals surface area contributed by atoms with E-state index in [1.54, 1.807) is 39.8 Å². The number of aliphatic hydroxyl groups is 1. The van der Waals surface area contributed by atoms with Crippen LogP contribution in [0.25, 0.3) is 22.3 Å². The number of tetrazole rings is 1. The van der Waals surface area contributed by atoms with Gasteiger partial charge in [0, 0.05) is 44.0 Å². The molecule has 0 unspecified atom stereocenters. The third-order valence-corrected chi connectivity index (χ3v) is 7.84. The van der Waals surface area contributed by atoms with Crippen LogP contribution < -0.4 is 5.32 Å². The summed E-state index contributed by atoms with van der Waals surface area (Å²) >= 11 is 6.39. The fraction of sp³-hybridized carbons (Fsp3) is 0.333. The highest BCUT2D eigenvalue weighted by Gasteiger charge is 2.42. The number of benzene rings is 1. The Bertz CT molecular complexity index is 1760. The van der Waals surface area contributed by atoms with E-state index in [-0.39, 0.29) is 5.92 Å². The predicted molar refractivity (Wildman–Crippen MR) is 146 cm³/mol. The Balaban J connectivity index is 1.11. The molecule has 2 aliphatic rings. The lowest BCUT2D eigenvalue weighted by molar-refractivity contribution is -0.0744. The highest BCUT2D eigenvalue weighted by Crippen LogP contribution is 2.41. The second kappa shape index (κ2) is 10.0. The van der Waals surface area contributed by atoms with E-state index in [2.05, 4.69) is 30.9 Å². The number of nitrogens with zero attached hydrogens (tertiary/aromatic N) is 8. The highest BCUT2D eigenvalue weighted by molar-refractivity contribution is 6.34. The molecule has 0 spiro atoms. The smallest absolute Gasteiger partial charge is 0.259 e. The second-order valence-corrected chi connectivity index (χ2v) is 10.9. The number of hydrogen-bond donors (Lipinski definition) is 2. The lowest BCUT2D eigenvalue weighted by Gasteiger charge is -2.31. The number of amides is 1. The standard InChI is InChI=1S/C27H25ClFN9O3/c28-21-2-1-18(38-34-25(33-35-38)19-11-22(19)29)10-23(21)32-26(39)20-13-31-37-6-3-16(9-24(20)37)17-12-30-36(14-17)15-27(40)4-7-41-8-5-27/h1-3,6,9-10,12-14,19,22,40H,4-5,7-8,11,15H2,(H,32,39)/t19-,22-/m0/s1. The zero-order valence-corrected chi connectivity index (χ0v) is 22.4. The maximum Gasteiger partial charge on any atom is 0.259 e. The Morgan fingerprint density at radius 2 is 2.00 bits per heavy atom. The summed E-state index contributed by atoms with van der Waals surface area (Å²) in [6.07, 6.45) is 7.46. The molecule has 210 valence electrons. The van der Waals surface area contributed by atoms with Gasteiger partial charge in [0.15, 0.2) is 5.82 Å². The summed E-state index contributed by atoms with van der Waals surface area (Å²) in [5.41, 5.74) is 2.65. The molecule has 7 rings (SSSR count). The maximum absolute atomic E-state index is 13.4. The van der Waals surface area contributed by atoms with Crippen LogP contribution in [0.1, 0.15) is 41.4 Å². The minimum absolute atomic E-state index is 0.316. The molecule has 12 nitrogen and oxygen atoms in total. The van der Waals surface area contributed by atoms with Gasteiger partial charge >= 0.3 is 0 Å². The van der Waals surface area contributed by atoms with Crippen LogP contribution in [0.4, 0.5) is 10.1 Å². The topological polar surface area (TPSA) is 137 Å². The van der Waals surface area contributed by atoms with Crippen molar-refractivity contribution in [3.63, 3.8) is 0 Å². The molecule has 41 heavy (non-hydrogen) atoms. The molecule has 1 aromatic carbocycles. The van der Waals surface area contributed by atoms with E-state index in [9.17, 15) is 14.3 Å². The number of fused-ring (bicyclic) bond motifs is 1. The number of nitrogens with one attached hydrogen (secondary N) is 1. The van der Waals surface area contributed by atoms with Gasteiger partial charge in [-0.25, -0.2) is 8.91 Å². The second-order valence-electron chi connectivity index (χ2n) is 10.5. The van der Waals surface area contributed by atoms with Crippen molar-refractivity contribution in [3.8, 4) is 16.8 Å². The van der Waals surface area contributed by atoms with Crippen molar-refractivity contribution in [3.05, 3.63) is 71.5 Å². The summed E-state index contributed by atoms with van der Waals surface area (Å²) < 4.78 is 22.1. The number of aromatic nitrogens is 8. The van der Waals surface area contributed by atoms with Crippen molar-refractivity contribution in [2.75, 3.05) is 18.5 Å². The summed E-state index contributed by atoms with van der Waals surface area (Å²) in [6.45, 7) is 1.44. The van der Waals surface area contributed by atoms with Crippen LogP contribution in [0.2, 0.25) is 5.02 Å². The van der Waals surface area contributed by atoms with Crippen LogP contribution in [-0.4, -0.2) is 75.6 Å². The fourth-order valence-corrected chi connectivity index (χ4v) is 5.15. The molecular formula is C27H25ClFN9O3. The molecule has 1 aliphatic heterocycles. The SMILES string of the molecule is O=C(Nc1cc(-n2nnc([C@H]3C[C@@H]3F)n2)ccc1Cl)c1cnn2ccc(-c3cnn(CC4(O)CCOCC4)c3)cc12. The van der Waals surface area contributed by atoms with E-state index in [0.29, 0.717) is 72.3 Å². The fourth-order valence-electron chi connectivity index (χ4n) is 4.98. The van der Waals surface area contributed by atoms with Crippen molar-refractivity contribution >= 4 is 28.7 Å². The molecule has 1 aliphatic carbocycles. The monoisotopic (exact) mass is 577 g/mol. The van der Waals surface area contributed by atoms with Crippen LogP contribution in [0.15, 0.2) is 55.1 Å². The quantitative estimate of drug-likeness (QED) is 0.300. The maximum atomic E-state index is 13.4. The molecule has 2 N–H and O–H groups in total. The molecule has 2 fully saturated rings. The third-order valence-electron chi connectivity index (χ3n) is 7.51. The molecule has 1 saturated carbocycles. The Hall–Kier alpha value is -4.20. The summed E-state index contributed by atoms with van der Waals surface area (Å²) in [4.78, 5) is 14.7. The minimum Gasteiger partial charge on any atom is -0.388 e. The Morgan fingerprint density at radius 3 is 2.80 bits per heavy atom.